The maximum atomic E-state index is 11.8. The highest BCUT2D eigenvalue weighted by Gasteiger charge is 2.19. The zero-order valence-electron chi connectivity index (χ0n) is 10.9. The largest absolute Gasteiger partial charge is 0.353 e. The minimum absolute atomic E-state index is 0. The van der Waals surface area contributed by atoms with Gasteiger partial charge >= 0.3 is 0 Å². The fraction of sp³-hybridized carbons (Fsp3) is 0.500. The quantitative estimate of drug-likeness (QED) is 0.840. The van der Waals surface area contributed by atoms with Crippen molar-refractivity contribution in [2.24, 2.45) is 5.73 Å². The van der Waals surface area contributed by atoms with E-state index in [0.717, 1.165) is 30.6 Å². The first-order chi connectivity index (χ1) is 8.74. The number of thioether (sulfide) groups is 1. The molecule has 2 rings (SSSR count). The molecule has 1 aromatic rings. The molecule has 1 aromatic carbocycles. The number of nitrogens with two attached hydrogens (primary N) is 1. The third-order valence-corrected chi connectivity index (χ3v) is 4.26. The van der Waals surface area contributed by atoms with Crippen LogP contribution in [0, 0.1) is 0 Å². The van der Waals surface area contributed by atoms with Crippen molar-refractivity contribution in [1.82, 2.24) is 5.32 Å². The molecule has 5 heteroatoms. The van der Waals surface area contributed by atoms with E-state index in [9.17, 15) is 4.79 Å². The normalized spacial score (nSPS) is 22.4. The summed E-state index contributed by atoms with van der Waals surface area (Å²) in [5, 5.41) is 3.09. The molecule has 1 saturated carbocycles. The molecule has 0 atom stereocenters. The molecule has 1 amide bonds. The van der Waals surface area contributed by atoms with Gasteiger partial charge in [-0.05, 0) is 37.8 Å². The van der Waals surface area contributed by atoms with E-state index in [4.69, 9.17) is 5.73 Å². The number of carbonyl (C=O) groups is 1. The third-order valence-electron chi connectivity index (χ3n) is 3.25. The molecule has 0 heterocycles. The Labute approximate surface area is 125 Å². The van der Waals surface area contributed by atoms with Gasteiger partial charge in [0.15, 0.2) is 0 Å². The summed E-state index contributed by atoms with van der Waals surface area (Å²) in [6.45, 7) is 0. The molecule has 0 aliphatic heterocycles. The summed E-state index contributed by atoms with van der Waals surface area (Å²) in [6, 6.07) is 10.7. The van der Waals surface area contributed by atoms with E-state index in [1.807, 2.05) is 30.3 Å². The average molecular weight is 301 g/mol. The highest BCUT2D eigenvalue weighted by molar-refractivity contribution is 8.00. The van der Waals surface area contributed by atoms with Crippen LogP contribution in [0.25, 0.3) is 0 Å². The van der Waals surface area contributed by atoms with Crippen LogP contribution in [0.1, 0.15) is 25.7 Å². The van der Waals surface area contributed by atoms with Gasteiger partial charge in [0.05, 0.1) is 5.75 Å². The monoisotopic (exact) mass is 300 g/mol. The molecular weight excluding hydrogens is 280 g/mol. The lowest BCUT2D eigenvalue weighted by Crippen LogP contribution is -2.41. The van der Waals surface area contributed by atoms with Gasteiger partial charge in [0.25, 0.3) is 0 Å². The van der Waals surface area contributed by atoms with E-state index in [1.54, 1.807) is 11.8 Å². The van der Waals surface area contributed by atoms with Gasteiger partial charge in [-0.15, -0.1) is 24.2 Å². The van der Waals surface area contributed by atoms with E-state index in [0.29, 0.717) is 17.8 Å². The number of benzene rings is 1. The molecule has 1 aliphatic carbocycles. The predicted molar refractivity (Wildman–Crippen MR) is 82.8 cm³/mol. The highest BCUT2D eigenvalue weighted by Crippen LogP contribution is 2.19. The van der Waals surface area contributed by atoms with Crippen LogP contribution < -0.4 is 11.1 Å². The second-order valence-corrected chi connectivity index (χ2v) is 5.83. The maximum absolute atomic E-state index is 11.8. The molecule has 19 heavy (non-hydrogen) atoms. The van der Waals surface area contributed by atoms with Crippen molar-refractivity contribution in [3.8, 4) is 0 Å². The van der Waals surface area contributed by atoms with E-state index >= 15 is 0 Å². The van der Waals surface area contributed by atoms with Crippen molar-refractivity contribution in [3.05, 3.63) is 30.3 Å². The van der Waals surface area contributed by atoms with Gasteiger partial charge in [0, 0.05) is 17.0 Å². The van der Waals surface area contributed by atoms with Crippen LogP contribution in [-0.4, -0.2) is 23.7 Å². The summed E-state index contributed by atoms with van der Waals surface area (Å²) in [4.78, 5) is 12.9. The first kappa shape index (κ1) is 16.3. The van der Waals surface area contributed by atoms with Crippen molar-refractivity contribution >= 4 is 30.1 Å². The second kappa shape index (κ2) is 8.46. The first-order valence-corrected chi connectivity index (χ1v) is 7.45. The van der Waals surface area contributed by atoms with Crippen LogP contribution in [-0.2, 0) is 4.79 Å². The van der Waals surface area contributed by atoms with E-state index in [1.165, 1.54) is 0 Å². The number of hydrogen-bond donors (Lipinski definition) is 2. The predicted octanol–water partition coefficient (Wildman–Crippen LogP) is 2.59. The topological polar surface area (TPSA) is 55.1 Å². The molecule has 0 bridgehead atoms. The molecule has 3 N–H and O–H groups in total. The van der Waals surface area contributed by atoms with Crippen LogP contribution in [0.4, 0.5) is 0 Å². The zero-order chi connectivity index (χ0) is 12.8. The number of hydrogen-bond acceptors (Lipinski definition) is 3. The number of amides is 1. The van der Waals surface area contributed by atoms with Gasteiger partial charge < -0.3 is 11.1 Å². The van der Waals surface area contributed by atoms with Crippen molar-refractivity contribution in [2.45, 2.75) is 42.7 Å². The first-order valence-electron chi connectivity index (χ1n) is 6.47. The summed E-state index contributed by atoms with van der Waals surface area (Å²) in [6.07, 6.45) is 4.08. The van der Waals surface area contributed by atoms with Crippen LogP contribution >= 0.6 is 24.2 Å². The van der Waals surface area contributed by atoms with Crippen molar-refractivity contribution in [2.75, 3.05) is 5.75 Å². The Hall–Kier alpha value is -0.710. The maximum Gasteiger partial charge on any atom is 0.230 e. The number of rotatable bonds is 4. The van der Waals surface area contributed by atoms with Gasteiger partial charge in [0.2, 0.25) is 5.91 Å². The standard InChI is InChI=1S/C14H20N2OS.ClH/c15-11-6-8-12(9-7-11)16-14(17)10-18-13-4-2-1-3-5-13;/h1-5,11-12H,6-10,15H2,(H,16,17);1H. The number of halogens is 1. The second-order valence-electron chi connectivity index (χ2n) is 4.78. The van der Waals surface area contributed by atoms with E-state index in [2.05, 4.69) is 5.32 Å². The van der Waals surface area contributed by atoms with E-state index in [-0.39, 0.29) is 18.3 Å². The molecule has 3 nitrogen and oxygen atoms in total. The summed E-state index contributed by atoms with van der Waals surface area (Å²) in [5.74, 6) is 0.622. The van der Waals surface area contributed by atoms with E-state index < -0.39 is 0 Å². The smallest absolute Gasteiger partial charge is 0.230 e. The molecule has 0 saturated heterocycles. The summed E-state index contributed by atoms with van der Waals surface area (Å²) in [7, 11) is 0. The minimum atomic E-state index is 0. The number of nitrogens with one attached hydrogen (secondary N) is 1. The van der Waals surface area contributed by atoms with Gasteiger partial charge in [-0.1, -0.05) is 18.2 Å². The van der Waals surface area contributed by atoms with Crippen LogP contribution in [0.2, 0.25) is 0 Å². The number of carbonyl (C=O) groups excluding carboxylic acids is 1. The molecule has 0 radical (unpaired) electrons. The Bertz CT molecular complexity index is 380. The molecule has 0 aromatic heterocycles. The minimum Gasteiger partial charge on any atom is -0.353 e. The molecule has 1 fully saturated rings. The summed E-state index contributed by atoms with van der Waals surface area (Å²) in [5.41, 5.74) is 5.85. The Morgan fingerprint density at radius 2 is 1.84 bits per heavy atom. The Morgan fingerprint density at radius 3 is 2.47 bits per heavy atom. The molecule has 106 valence electrons. The zero-order valence-corrected chi connectivity index (χ0v) is 12.5. The van der Waals surface area contributed by atoms with Gasteiger partial charge in [-0.25, -0.2) is 0 Å². The van der Waals surface area contributed by atoms with Gasteiger partial charge in [-0.2, -0.15) is 0 Å². The molecular formula is C14H21ClN2OS. The molecule has 0 unspecified atom stereocenters. The van der Waals surface area contributed by atoms with Gasteiger partial charge in [-0.3, -0.25) is 4.79 Å². The lowest BCUT2D eigenvalue weighted by molar-refractivity contribution is -0.119. The summed E-state index contributed by atoms with van der Waals surface area (Å²) < 4.78 is 0. The summed E-state index contributed by atoms with van der Waals surface area (Å²) >= 11 is 1.58. The fourth-order valence-corrected chi connectivity index (χ4v) is 2.93. The van der Waals surface area contributed by atoms with Crippen LogP contribution in [0.15, 0.2) is 35.2 Å². The molecule has 0 spiro atoms. The van der Waals surface area contributed by atoms with Crippen molar-refractivity contribution in [1.29, 1.82) is 0 Å². The Balaban J connectivity index is 0.00000180. The highest BCUT2D eigenvalue weighted by atomic mass is 35.5. The lowest BCUT2D eigenvalue weighted by atomic mass is 9.92. The van der Waals surface area contributed by atoms with Crippen molar-refractivity contribution in [3.63, 3.8) is 0 Å². The van der Waals surface area contributed by atoms with Crippen LogP contribution in [0.5, 0.6) is 0 Å². The van der Waals surface area contributed by atoms with Crippen molar-refractivity contribution < 1.29 is 4.79 Å². The average Bonchev–Trinajstić information content (AvgIpc) is 2.40. The Morgan fingerprint density at radius 1 is 1.21 bits per heavy atom. The Kier molecular flexibility index (Phi) is 7.28. The lowest BCUT2D eigenvalue weighted by Gasteiger charge is -2.26. The van der Waals surface area contributed by atoms with Crippen LogP contribution in [0.3, 0.4) is 0 Å². The fourth-order valence-electron chi connectivity index (χ4n) is 2.20. The third kappa shape index (κ3) is 5.85. The SMILES string of the molecule is Cl.NC1CCC(NC(=O)CSc2ccccc2)CC1. The molecule has 1 aliphatic rings. The van der Waals surface area contributed by atoms with Gasteiger partial charge in [0.1, 0.15) is 0 Å².